The van der Waals surface area contributed by atoms with Crippen LogP contribution in [0.25, 0.3) is 11.1 Å². The number of rotatable bonds is 4. The van der Waals surface area contributed by atoms with E-state index in [9.17, 15) is 22.8 Å². The maximum Gasteiger partial charge on any atom is 0.416 e. The van der Waals surface area contributed by atoms with E-state index >= 15 is 0 Å². The lowest BCUT2D eigenvalue weighted by molar-refractivity contribution is -0.137. The minimum Gasteiger partial charge on any atom is -0.341 e. The molecular weight excluding hydrogens is 369 g/mol. The summed E-state index contributed by atoms with van der Waals surface area (Å²) in [6.45, 7) is 3.07. The first-order chi connectivity index (χ1) is 13.3. The molecule has 0 saturated carbocycles. The quantitative estimate of drug-likeness (QED) is 0.854. The Morgan fingerprint density at radius 3 is 2.25 bits per heavy atom. The largest absolute Gasteiger partial charge is 0.416 e. The van der Waals surface area contributed by atoms with Crippen LogP contribution in [0.2, 0.25) is 0 Å². The molecule has 2 amide bonds. The molecule has 0 spiro atoms. The van der Waals surface area contributed by atoms with E-state index in [1.807, 2.05) is 0 Å². The van der Waals surface area contributed by atoms with Crippen LogP contribution in [0, 0.1) is 0 Å². The molecule has 2 aromatic carbocycles. The van der Waals surface area contributed by atoms with Crippen molar-refractivity contribution in [1.29, 1.82) is 0 Å². The standard InChI is InChI=1S/C21H21F3N2O2/c1-14(20(28)26-11-2-3-12-26)25-19(27)17-6-4-5-16(13-17)15-7-9-18(10-8-15)21(22,23)24/h4-10,13-14H,2-3,11-12H2,1H3,(H,25,27). The van der Waals surface area contributed by atoms with Gasteiger partial charge in [-0.15, -0.1) is 0 Å². The third-order valence-corrected chi connectivity index (χ3v) is 4.81. The number of hydrogen-bond acceptors (Lipinski definition) is 2. The Balaban J connectivity index is 1.71. The van der Waals surface area contributed by atoms with Crippen molar-refractivity contribution in [2.45, 2.75) is 32.0 Å². The lowest BCUT2D eigenvalue weighted by Crippen LogP contribution is -2.45. The number of nitrogens with zero attached hydrogens (tertiary/aromatic N) is 1. The van der Waals surface area contributed by atoms with E-state index in [0.717, 1.165) is 25.0 Å². The Labute approximate surface area is 161 Å². The lowest BCUT2D eigenvalue weighted by atomic mass is 10.0. The van der Waals surface area contributed by atoms with Crippen molar-refractivity contribution in [2.75, 3.05) is 13.1 Å². The highest BCUT2D eigenvalue weighted by Gasteiger charge is 2.30. The molecule has 0 aromatic heterocycles. The fourth-order valence-corrected chi connectivity index (χ4v) is 3.24. The number of benzene rings is 2. The van der Waals surface area contributed by atoms with Crippen LogP contribution in [-0.2, 0) is 11.0 Å². The third-order valence-electron chi connectivity index (χ3n) is 4.81. The molecule has 1 atom stereocenters. The van der Waals surface area contributed by atoms with Gasteiger partial charge in [0, 0.05) is 18.7 Å². The number of halogens is 3. The molecule has 7 heteroatoms. The van der Waals surface area contributed by atoms with E-state index in [1.54, 1.807) is 36.1 Å². The Morgan fingerprint density at radius 1 is 1.00 bits per heavy atom. The van der Waals surface area contributed by atoms with Gasteiger partial charge in [-0.1, -0.05) is 24.3 Å². The molecule has 1 saturated heterocycles. The highest BCUT2D eigenvalue weighted by molar-refractivity contribution is 5.98. The molecule has 1 N–H and O–H groups in total. The zero-order chi connectivity index (χ0) is 20.3. The highest BCUT2D eigenvalue weighted by atomic mass is 19.4. The van der Waals surface area contributed by atoms with Gasteiger partial charge in [-0.2, -0.15) is 13.2 Å². The van der Waals surface area contributed by atoms with Gasteiger partial charge in [0.05, 0.1) is 5.56 Å². The van der Waals surface area contributed by atoms with Gasteiger partial charge in [0.15, 0.2) is 0 Å². The summed E-state index contributed by atoms with van der Waals surface area (Å²) in [5.74, 6) is -0.501. The molecule has 28 heavy (non-hydrogen) atoms. The van der Waals surface area contributed by atoms with E-state index < -0.39 is 23.7 Å². The SMILES string of the molecule is CC(NC(=O)c1cccc(-c2ccc(C(F)(F)F)cc2)c1)C(=O)N1CCCC1. The average molecular weight is 390 g/mol. The number of carbonyl (C=O) groups is 2. The maximum absolute atomic E-state index is 12.7. The molecule has 4 nitrogen and oxygen atoms in total. The summed E-state index contributed by atoms with van der Waals surface area (Å²) in [6.07, 6.45) is -2.44. The molecule has 1 heterocycles. The van der Waals surface area contributed by atoms with Gasteiger partial charge in [-0.25, -0.2) is 0 Å². The summed E-state index contributed by atoms with van der Waals surface area (Å²) in [5.41, 5.74) is 0.821. The van der Waals surface area contributed by atoms with Crippen molar-refractivity contribution >= 4 is 11.8 Å². The summed E-state index contributed by atoms with van der Waals surface area (Å²) in [7, 11) is 0. The molecule has 0 aliphatic carbocycles. The van der Waals surface area contributed by atoms with Crippen molar-refractivity contribution in [3.8, 4) is 11.1 Å². The second kappa shape index (κ2) is 8.04. The van der Waals surface area contributed by atoms with Crippen LogP contribution in [-0.4, -0.2) is 35.8 Å². The molecule has 2 aromatic rings. The first-order valence-electron chi connectivity index (χ1n) is 9.13. The number of carbonyl (C=O) groups excluding carboxylic acids is 2. The molecule has 1 unspecified atom stereocenters. The monoisotopic (exact) mass is 390 g/mol. The number of hydrogen-bond donors (Lipinski definition) is 1. The van der Waals surface area contributed by atoms with Gasteiger partial charge >= 0.3 is 6.18 Å². The summed E-state index contributed by atoms with van der Waals surface area (Å²) >= 11 is 0. The smallest absolute Gasteiger partial charge is 0.341 e. The third kappa shape index (κ3) is 4.52. The van der Waals surface area contributed by atoms with Gasteiger partial charge in [0.25, 0.3) is 5.91 Å². The van der Waals surface area contributed by atoms with Crippen molar-refractivity contribution in [1.82, 2.24) is 10.2 Å². The first-order valence-corrected chi connectivity index (χ1v) is 9.13. The molecule has 0 bridgehead atoms. The van der Waals surface area contributed by atoms with Crippen LogP contribution < -0.4 is 5.32 Å². The van der Waals surface area contributed by atoms with E-state index in [4.69, 9.17) is 0 Å². The highest BCUT2D eigenvalue weighted by Crippen LogP contribution is 2.31. The topological polar surface area (TPSA) is 49.4 Å². The normalized spacial score (nSPS) is 15.4. The second-order valence-corrected chi connectivity index (χ2v) is 6.88. The molecule has 0 radical (unpaired) electrons. The van der Waals surface area contributed by atoms with Crippen molar-refractivity contribution in [2.24, 2.45) is 0 Å². The fourth-order valence-electron chi connectivity index (χ4n) is 3.24. The van der Waals surface area contributed by atoms with Crippen LogP contribution in [0.3, 0.4) is 0 Å². The summed E-state index contributed by atoms with van der Waals surface area (Å²) in [6, 6.07) is 10.7. The van der Waals surface area contributed by atoms with Gasteiger partial charge in [0.1, 0.15) is 6.04 Å². The summed E-state index contributed by atoms with van der Waals surface area (Å²) in [5, 5.41) is 2.70. The van der Waals surface area contributed by atoms with Crippen LogP contribution in [0.15, 0.2) is 48.5 Å². The Bertz CT molecular complexity index is 857. The molecule has 1 aliphatic heterocycles. The number of nitrogens with one attached hydrogen (secondary N) is 1. The minimum atomic E-state index is -4.39. The average Bonchev–Trinajstić information content (AvgIpc) is 3.21. The predicted molar refractivity (Wildman–Crippen MR) is 99.6 cm³/mol. The number of alkyl halides is 3. The predicted octanol–water partition coefficient (Wildman–Crippen LogP) is 4.11. The van der Waals surface area contributed by atoms with Gasteiger partial charge < -0.3 is 10.2 Å². The molecule has 1 aliphatic rings. The van der Waals surface area contributed by atoms with Crippen molar-refractivity contribution in [3.63, 3.8) is 0 Å². The summed E-state index contributed by atoms with van der Waals surface area (Å²) < 4.78 is 38.1. The van der Waals surface area contributed by atoms with Crippen LogP contribution in [0.5, 0.6) is 0 Å². The molecule has 148 valence electrons. The van der Waals surface area contributed by atoms with Gasteiger partial charge in [-0.3, -0.25) is 9.59 Å². The number of likely N-dealkylation sites (tertiary alicyclic amines) is 1. The molecule has 3 rings (SSSR count). The lowest BCUT2D eigenvalue weighted by Gasteiger charge is -2.21. The second-order valence-electron chi connectivity index (χ2n) is 6.88. The van der Waals surface area contributed by atoms with Crippen molar-refractivity contribution < 1.29 is 22.8 Å². The van der Waals surface area contributed by atoms with E-state index in [1.165, 1.54) is 12.1 Å². The number of amides is 2. The van der Waals surface area contributed by atoms with Gasteiger partial charge in [-0.05, 0) is 55.2 Å². The van der Waals surface area contributed by atoms with Crippen LogP contribution in [0.4, 0.5) is 13.2 Å². The summed E-state index contributed by atoms with van der Waals surface area (Å²) in [4.78, 5) is 26.6. The van der Waals surface area contributed by atoms with Crippen LogP contribution >= 0.6 is 0 Å². The zero-order valence-electron chi connectivity index (χ0n) is 15.4. The zero-order valence-corrected chi connectivity index (χ0v) is 15.4. The molecular formula is C21H21F3N2O2. The maximum atomic E-state index is 12.7. The van der Waals surface area contributed by atoms with Crippen LogP contribution in [0.1, 0.15) is 35.7 Å². The Morgan fingerprint density at radius 2 is 1.64 bits per heavy atom. The first kappa shape index (κ1) is 19.9. The van der Waals surface area contributed by atoms with Crippen molar-refractivity contribution in [3.05, 3.63) is 59.7 Å². The van der Waals surface area contributed by atoms with E-state index in [0.29, 0.717) is 29.8 Å². The molecule has 1 fully saturated rings. The Kier molecular flexibility index (Phi) is 5.72. The van der Waals surface area contributed by atoms with E-state index in [2.05, 4.69) is 5.32 Å². The Hall–Kier alpha value is -2.83. The van der Waals surface area contributed by atoms with Gasteiger partial charge in [0.2, 0.25) is 5.91 Å². The van der Waals surface area contributed by atoms with E-state index in [-0.39, 0.29) is 5.91 Å². The minimum absolute atomic E-state index is 0.107. The fraction of sp³-hybridized carbons (Fsp3) is 0.333.